The summed E-state index contributed by atoms with van der Waals surface area (Å²) in [4.78, 5) is 82.1. The van der Waals surface area contributed by atoms with Gasteiger partial charge in [0.05, 0.1) is 0 Å². The van der Waals surface area contributed by atoms with Crippen molar-refractivity contribution >= 4 is 36.4 Å². The summed E-state index contributed by atoms with van der Waals surface area (Å²) in [6.45, 7) is 5.12. The maximum atomic E-state index is 12.6. The van der Waals surface area contributed by atoms with Gasteiger partial charge in [-0.1, -0.05) is 0 Å². The number of piperazine rings is 1. The van der Waals surface area contributed by atoms with Gasteiger partial charge in [-0.2, -0.15) is 0 Å². The molecular formula is C16H20N6O6. The summed E-state index contributed by atoms with van der Waals surface area (Å²) in [5, 5.41) is 0. The second-order valence-electron chi connectivity index (χ2n) is 7.29. The van der Waals surface area contributed by atoms with E-state index in [1.54, 1.807) is 0 Å². The number of carbonyl (C=O) groups excluding carboxylic acids is 6. The Bertz CT molecular complexity index is 695. The lowest BCUT2D eigenvalue weighted by molar-refractivity contribution is -0.178. The molecule has 0 aromatic heterocycles. The van der Waals surface area contributed by atoms with Gasteiger partial charge in [-0.15, -0.1) is 0 Å². The Morgan fingerprint density at radius 3 is 0.857 bits per heavy atom. The molecule has 5 saturated heterocycles. The van der Waals surface area contributed by atoms with Crippen molar-refractivity contribution in [2.75, 3.05) is 0 Å². The van der Waals surface area contributed by atoms with Gasteiger partial charge >= 0.3 is 0 Å². The molecule has 12 nitrogen and oxygen atoms in total. The Balaban J connectivity index is 2.08. The van der Waals surface area contributed by atoms with Crippen molar-refractivity contribution < 1.29 is 28.8 Å². The van der Waals surface area contributed by atoms with Gasteiger partial charge in [0.15, 0.2) is 12.3 Å². The van der Waals surface area contributed by atoms with Crippen LogP contribution in [0.1, 0.15) is 27.7 Å². The molecule has 5 heterocycles. The van der Waals surface area contributed by atoms with Crippen LogP contribution < -0.4 is 0 Å². The van der Waals surface area contributed by atoms with Crippen molar-refractivity contribution in [1.29, 1.82) is 0 Å². The lowest BCUT2D eigenvalue weighted by Gasteiger charge is -2.52. The molecule has 4 unspecified atom stereocenters. The second-order valence-corrected chi connectivity index (χ2v) is 7.29. The summed E-state index contributed by atoms with van der Waals surface area (Å²) in [6.07, 6.45) is -4.83. The van der Waals surface area contributed by atoms with Crippen molar-refractivity contribution in [1.82, 2.24) is 29.4 Å². The van der Waals surface area contributed by atoms with E-state index in [0.29, 0.717) is 12.8 Å². The van der Waals surface area contributed by atoms with Crippen LogP contribution in [0.15, 0.2) is 0 Å². The van der Waals surface area contributed by atoms with E-state index in [9.17, 15) is 28.8 Å². The summed E-state index contributed by atoms with van der Waals surface area (Å²) in [7, 11) is 0. The number of hydrogen-bond donors (Lipinski definition) is 0. The van der Waals surface area contributed by atoms with Gasteiger partial charge < -0.3 is 0 Å². The molecule has 6 amide bonds. The van der Waals surface area contributed by atoms with Crippen LogP contribution in [0.25, 0.3) is 0 Å². The first-order valence-corrected chi connectivity index (χ1v) is 8.80. The number of nitrogens with zero attached hydrogens (tertiary/aromatic N) is 6. The van der Waals surface area contributed by atoms with Crippen LogP contribution in [0, 0.1) is 0 Å². The summed E-state index contributed by atoms with van der Waals surface area (Å²) < 4.78 is 0. The average molecular weight is 392 g/mol. The van der Waals surface area contributed by atoms with Gasteiger partial charge in [-0.3, -0.25) is 58.2 Å². The molecule has 150 valence electrons. The van der Waals surface area contributed by atoms with Crippen molar-refractivity contribution in [2.24, 2.45) is 0 Å². The standard InChI is InChI=1S/C16H20N6O6/c1-7(25)19-11-12-18(6-24)14-13(17(11)5-23)21(9(3)27)16(22(14)10(4)28)15(19)20(12)8(2)26/h5-6,11-16H,1-4H3/t11-,12?,13?,14-,15?,16?/m0/s1. The van der Waals surface area contributed by atoms with Gasteiger partial charge in [0.1, 0.15) is 24.7 Å². The number of rotatable bonds is 2. The molecule has 28 heavy (non-hydrogen) atoms. The Hall–Kier alpha value is -3.18. The van der Waals surface area contributed by atoms with Gasteiger partial charge in [0.2, 0.25) is 36.4 Å². The van der Waals surface area contributed by atoms with Crippen LogP contribution in [0.5, 0.6) is 0 Å². The molecule has 0 aliphatic carbocycles. The van der Waals surface area contributed by atoms with Crippen molar-refractivity contribution in [3.63, 3.8) is 0 Å². The molecule has 5 fully saturated rings. The molecule has 0 saturated carbocycles. The maximum Gasteiger partial charge on any atom is 0.222 e. The Morgan fingerprint density at radius 1 is 0.500 bits per heavy atom. The van der Waals surface area contributed by atoms with E-state index in [1.165, 1.54) is 57.1 Å². The molecule has 12 heteroatoms. The van der Waals surface area contributed by atoms with E-state index in [1.807, 2.05) is 0 Å². The molecule has 6 atom stereocenters. The van der Waals surface area contributed by atoms with Crippen molar-refractivity contribution in [3.8, 4) is 0 Å². The summed E-state index contributed by atoms with van der Waals surface area (Å²) in [6, 6.07) is 0. The van der Waals surface area contributed by atoms with Crippen LogP contribution in [-0.2, 0) is 28.8 Å². The summed E-state index contributed by atoms with van der Waals surface area (Å²) in [5.74, 6) is -1.78. The van der Waals surface area contributed by atoms with Gasteiger partial charge in [0, 0.05) is 27.7 Å². The first-order chi connectivity index (χ1) is 13.2. The third-order valence-corrected chi connectivity index (χ3v) is 6.00. The average Bonchev–Trinajstić information content (AvgIpc) is 3.05. The normalized spacial score (nSPS) is 34.9. The van der Waals surface area contributed by atoms with E-state index in [2.05, 4.69) is 0 Å². The Labute approximate surface area is 160 Å². The predicted octanol–water partition coefficient (Wildman–Crippen LogP) is -2.69. The molecule has 0 N–H and O–H groups in total. The molecular weight excluding hydrogens is 372 g/mol. The van der Waals surface area contributed by atoms with E-state index >= 15 is 0 Å². The molecule has 5 aliphatic heterocycles. The highest BCUT2D eigenvalue weighted by molar-refractivity contribution is 5.85. The second kappa shape index (κ2) is 5.66. The summed E-state index contributed by atoms with van der Waals surface area (Å²) in [5.41, 5.74) is 0. The minimum Gasteiger partial charge on any atom is -0.296 e. The third kappa shape index (κ3) is 1.84. The molecule has 0 spiro atoms. The van der Waals surface area contributed by atoms with E-state index in [-0.39, 0.29) is 0 Å². The SMILES string of the molecule is CC(=O)N1C2[C@H]3N(C=O)C4[C@@H](N2C=O)N(C(C)=O)C(C1N3C(C)=O)N4C(C)=O. The van der Waals surface area contributed by atoms with Gasteiger partial charge in [0.25, 0.3) is 0 Å². The fourth-order valence-corrected chi connectivity index (χ4v) is 5.29. The third-order valence-electron chi connectivity index (χ3n) is 6.00. The van der Waals surface area contributed by atoms with E-state index in [0.717, 1.165) is 0 Å². The van der Waals surface area contributed by atoms with E-state index in [4.69, 9.17) is 0 Å². The van der Waals surface area contributed by atoms with Gasteiger partial charge in [-0.05, 0) is 0 Å². The van der Waals surface area contributed by atoms with Crippen LogP contribution in [0.3, 0.4) is 0 Å². The summed E-state index contributed by atoms with van der Waals surface area (Å²) >= 11 is 0. The Morgan fingerprint density at radius 2 is 0.714 bits per heavy atom. The first kappa shape index (κ1) is 18.2. The van der Waals surface area contributed by atoms with Crippen LogP contribution >= 0.6 is 0 Å². The van der Waals surface area contributed by atoms with Gasteiger partial charge in [-0.25, -0.2) is 0 Å². The maximum absolute atomic E-state index is 12.6. The Kier molecular flexibility index (Phi) is 3.68. The largest absolute Gasteiger partial charge is 0.296 e. The van der Waals surface area contributed by atoms with Crippen molar-refractivity contribution in [3.05, 3.63) is 0 Å². The smallest absolute Gasteiger partial charge is 0.222 e. The highest BCUT2D eigenvalue weighted by atomic mass is 16.2. The number of carbonyl (C=O) groups is 6. The van der Waals surface area contributed by atoms with Crippen LogP contribution in [0.2, 0.25) is 0 Å². The minimum absolute atomic E-state index is 0.445. The minimum atomic E-state index is -1.01. The molecule has 0 aromatic carbocycles. The van der Waals surface area contributed by atoms with E-state index < -0.39 is 60.6 Å². The highest BCUT2D eigenvalue weighted by Crippen LogP contribution is 2.50. The predicted molar refractivity (Wildman–Crippen MR) is 88.6 cm³/mol. The quantitative estimate of drug-likeness (QED) is 0.472. The monoisotopic (exact) mass is 392 g/mol. The van der Waals surface area contributed by atoms with Crippen molar-refractivity contribution in [2.45, 2.75) is 64.7 Å². The fourth-order valence-electron chi connectivity index (χ4n) is 5.29. The number of hydrogen-bond acceptors (Lipinski definition) is 6. The molecule has 5 rings (SSSR count). The molecule has 0 radical (unpaired) electrons. The fraction of sp³-hybridized carbons (Fsp3) is 0.625. The highest BCUT2D eigenvalue weighted by Gasteiger charge is 2.74. The number of amides is 6. The lowest BCUT2D eigenvalue weighted by Crippen LogP contribution is -2.74. The zero-order valence-corrected chi connectivity index (χ0v) is 15.8. The lowest BCUT2D eigenvalue weighted by atomic mass is 10.1. The molecule has 5 aliphatic rings. The van der Waals surface area contributed by atoms with Crippen LogP contribution in [-0.4, -0.2) is 103 Å². The zero-order valence-electron chi connectivity index (χ0n) is 15.8. The zero-order chi connectivity index (χ0) is 20.7. The molecule has 0 aromatic rings. The molecule has 6 bridgehead atoms. The first-order valence-electron chi connectivity index (χ1n) is 8.80. The van der Waals surface area contributed by atoms with Crippen LogP contribution in [0.4, 0.5) is 0 Å². The topological polar surface area (TPSA) is 122 Å².